The molecular weight excluding hydrogens is 424 g/mol. The van der Waals surface area contributed by atoms with E-state index >= 15 is 0 Å². The van der Waals surface area contributed by atoms with E-state index in [4.69, 9.17) is 0 Å². The van der Waals surface area contributed by atoms with Crippen LogP contribution in [-0.4, -0.2) is 0 Å². The topological polar surface area (TPSA) is 0 Å². The summed E-state index contributed by atoms with van der Waals surface area (Å²) in [4.78, 5) is 0. The molecule has 0 aromatic heterocycles. The van der Waals surface area contributed by atoms with E-state index in [1.165, 1.54) is 0 Å². The van der Waals surface area contributed by atoms with Gasteiger partial charge in [0.2, 0.25) is 0 Å². The van der Waals surface area contributed by atoms with Gasteiger partial charge in [-0.05, 0) is 67.6 Å². The van der Waals surface area contributed by atoms with Gasteiger partial charge >= 0.3 is 0 Å². The van der Waals surface area contributed by atoms with Crippen LogP contribution in [0, 0.1) is 36.1 Å². The van der Waals surface area contributed by atoms with Crippen LogP contribution in [-0.2, 0) is 6.42 Å². The molecule has 0 heterocycles. The number of hydrogen-bond acceptors (Lipinski definition) is 0. The molecule has 3 aromatic rings. The van der Waals surface area contributed by atoms with E-state index in [2.05, 4.69) is 0 Å². The minimum atomic E-state index is -0.855. The fraction of sp³-hybridized carbons (Fsp3) is 0.310. The van der Waals surface area contributed by atoms with Crippen LogP contribution in [0.5, 0.6) is 0 Å². The number of allylic oxidation sites excluding steroid dienone is 1. The lowest BCUT2D eigenvalue weighted by Crippen LogP contribution is -2.14. The van der Waals surface area contributed by atoms with Gasteiger partial charge in [0.15, 0.2) is 23.3 Å². The second-order valence-corrected chi connectivity index (χ2v) is 8.96. The summed E-state index contributed by atoms with van der Waals surface area (Å²) in [5, 5.41) is 0. The van der Waals surface area contributed by atoms with Gasteiger partial charge in [0.1, 0.15) is 0 Å². The van der Waals surface area contributed by atoms with E-state index in [0.29, 0.717) is 23.1 Å². The maximum Gasteiger partial charge on any atom is 0.167 e. The number of halogens is 4. The molecule has 4 rings (SSSR count). The molecule has 1 aliphatic rings. The molecule has 172 valence electrons. The molecule has 3 aromatic carbocycles. The van der Waals surface area contributed by atoms with Crippen LogP contribution >= 0.6 is 0 Å². The lowest BCUT2D eigenvalue weighted by Gasteiger charge is -2.27. The summed E-state index contributed by atoms with van der Waals surface area (Å²) >= 11 is 0. The molecule has 0 saturated heterocycles. The van der Waals surface area contributed by atoms with Crippen molar-refractivity contribution in [1.29, 1.82) is 0 Å². The maximum absolute atomic E-state index is 14.7. The minimum Gasteiger partial charge on any atom is -0.203 e. The van der Waals surface area contributed by atoms with Crippen molar-refractivity contribution in [2.75, 3.05) is 0 Å². The van der Waals surface area contributed by atoms with Crippen LogP contribution < -0.4 is 0 Å². The van der Waals surface area contributed by atoms with Gasteiger partial charge in [0.25, 0.3) is 0 Å². The first kappa shape index (κ1) is 23.3. The van der Waals surface area contributed by atoms with Gasteiger partial charge in [-0.3, -0.25) is 0 Å². The van der Waals surface area contributed by atoms with Gasteiger partial charge in [0.05, 0.1) is 0 Å². The molecule has 0 spiro atoms. The standard InChI is InChI=1S/C29H28F4/c1-3-20-14-16-24(28(32)26(20)30)22-11-6-19(7-12-22)8-13-23-15-17-25(29(33)27(23)31)21-9-4-18(2)5-10-21/h4-5,8-10,13-17,19,22H,3,6-7,11-12H2,1-2H3/b13-8+. The van der Waals surface area contributed by atoms with Crippen LogP contribution in [0.15, 0.2) is 54.6 Å². The second-order valence-electron chi connectivity index (χ2n) is 8.96. The Morgan fingerprint density at radius 2 is 1.45 bits per heavy atom. The van der Waals surface area contributed by atoms with E-state index in [1.807, 2.05) is 25.1 Å². The normalized spacial score (nSPS) is 18.7. The molecular formula is C29H28F4. The van der Waals surface area contributed by atoms with Crippen LogP contribution in [0.2, 0.25) is 0 Å². The molecule has 1 fully saturated rings. The molecule has 33 heavy (non-hydrogen) atoms. The Balaban J connectivity index is 1.43. The molecule has 0 unspecified atom stereocenters. The molecule has 0 radical (unpaired) electrons. The van der Waals surface area contributed by atoms with Crippen molar-refractivity contribution in [1.82, 2.24) is 0 Å². The van der Waals surface area contributed by atoms with Gasteiger partial charge in [-0.15, -0.1) is 0 Å². The zero-order chi connectivity index (χ0) is 23.5. The van der Waals surface area contributed by atoms with E-state index in [9.17, 15) is 17.6 Å². The average Bonchev–Trinajstić information content (AvgIpc) is 2.83. The van der Waals surface area contributed by atoms with Crippen molar-refractivity contribution < 1.29 is 17.6 Å². The lowest BCUT2D eigenvalue weighted by molar-refractivity contribution is 0.364. The molecule has 4 heteroatoms. The van der Waals surface area contributed by atoms with Crippen molar-refractivity contribution in [3.63, 3.8) is 0 Å². The number of hydrogen-bond donors (Lipinski definition) is 0. The van der Waals surface area contributed by atoms with E-state index < -0.39 is 23.3 Å². The highest BCUT2D eigenvalue weighted by Gasteiger charge is 2.25. The summed E-state index contributed by atoms with van der Waals surface area (Å²) in [5.74, 6) is -2.98. The van der Waals surface area contributed by atoms with Gasteiger partial charge in [0, 0.05) is 11.1 Å². The Labute approximate surface area is 193 Å². The molecule has 0 atom stereocenters. The van der Waals surface area contributed by atoms with Crippen molar-refractivity contribution in [2.24, 2.45) is 5.92 Å². The SMILES string of the molecule is CCc1ccc(C2CCC(/C=C/c3ccc(-c4ccc(C)cc4)c(F)c3F)CC2)c(F)c1F. The fourth-order valence-electron chi connectivity index (χ4n) is 4.70. The van der Waals surface area contributed by atoms with Crippen LogP contribution in [0.1, 0.15) is 60.8 Å². The zero-order valence-corrected chi connectivity index (χ0v) is 19.0. The first-order chi connectivity index (χ1) is 15.9. The van der Waals surface area contributed by atoms with Crippen molar-refractivity contribution in [3.05, 3.63) is 100 Å². The highest BCUT2D eigenvalue weighted by molar-refractivity contribution is 5.67. The zero-order valence-electron chi connectivity index (χ0n) is 19.0. The molecule has 0 aliphatic heterocycles. The Bertz CT molecular complexity index is 1150. The molecule has 0 N–H and O–H groups in total. The molecule has 1 saturated carbocycles. The quantitative estimate of drug-likeness (QED) is 0.339. The van der Waals surface area contributed by atoms with Crippen molar-refractivity contribution in [3.8, 4) is 11.1 Å². The van der Waals surface area contributed by atoms with Crippen LogP contribution in [0.3, 0.4) is 0 Å². The predicted molar refractivity (Wildman–Crippen MR) is 126 cm³/mol. The Morgan fingerprint density at radius 3 is 2.12 bits per heavy atom. The number of rotatable bonds is 5. The largest absolute Gasteiger partial charge is 0.203 e. The van der Waals surface area contributed by atoms with Crippen LogP contribution in [0.4, 0.5) is 17.6 Å². The van der Waals surface area contributed by atoms with Gasteiger partial charge in [-0.2, -0.15) is 0 Å². The van der Waals surface area contributed by atoms with E-state index in [-0.39, 0.29) is 23.0 Å². The van der Waals surface area contributed by atoms with Gasteiger partial charge in [-0.1, -0.05) is 73.2 Å². The molecule has 0 bridgehead atoms. The van der Waals surface area contributed by atoms with Crippen molar-refractivity contribution >= 4 is 6.08 Å². The molecule has 0 amide bonds. The average molecular weight is 453 g/mol. The Kier molecular flexibility index (Phi) is 7.02. The summed E-state index contributed by atoms with van der Waals surface area (Å²) in [5.41, 5.74) is 3.01. The first-order valence-corrected chi connectivity index (χ1v) is 11.6. The fourth-order valence-corrected chi connectivity index (χ4v) is 4.70. The second kappa shape index (κ2) is 9.94. The Morgan fingerprint density at radius 1 is 0.758 bits per heavy atom. The van der Waals surface area contributed by atoms with Crippen molar-refractivity contribution in [2.45, 2.75) is 51.9 Å². The highest BCUT2D eigenvalue weighted by atomic mass is 19.2. The number of benzene rings is 3. The monoisotopic (exact) mass is 452 g/mol. The third-order valence-corrected chi connectivity index (χ3v) is 6.81. The third-order valence-electron chi connectivity index (χ3n) is 6.81. The minimum absolute atomic E-state index is 0.0157. The Hall–Kier alpha value is -2.88. The van der Waals surface area contributed by atoms with E-state index in [0.717, 1.165) is 31.2 Å². The van der Waals surface area contributed by atoms with Gasteiger partial charge < -0.3 is 0 Å². The summed E-state index contributed by atoms with van der Waals surface area (Å²) in [6, 6.07) is 13.9. The highest BCUT2D eigenvalue weighted by Crippen LogP contribution is 2.38. The summed E-state index contributed by atoms with van der Waals surface area (Å²) in [6.45, 7) is 3.75. The smallest absolute Gasteiger partial charge is 0.167 e. The maximum atomic E-state index is 14.7. The predicted octanol–water partition coefficient (Wildman–Crippen LogP) is 8.77. The first-order valence-electron chi connectivity index (χ1n) is 11.6. The molecule has 1 aliphatic carbocycles. The van der Waals surface area contributed by atoms with E-state index in [1.54, 1.807) is 49.4 Å². The summed E-state index contributed by atoms with van der Waals surface area (Å²) in [6.07, 6.45) is 7.08. The lowest BCUT2D eigenvalue weighted by atomic mass is 9.78. The third kappa shape index (κ3) is 4.90. The number of aryl methyl sites for hydroxylation is 2. The summed E-state index contributed by atoms with van der Waals surface area (Å²) < 4.78 is 58.1. The van der Waals surface area contributed by atoms with Gasteiger partial charge in [-0.25, -0.2) is 17.6 Å². The van der Waals surface area contributed by atoms with Crippen LogP contribution in [0.25, 0.3) is 17.2 Å². The molecule has 0 nitrogen and oxygen atoms in total. The summed E-state index contributed by atoms with van der Waals surface area (Å²) in [7, 11) is 0.